The van der Waals surface area contributed by atoms with Crippen LogP contribution in [-0.2, 0) is 9.47 Å². The quantitative estimate of drug-likeness (QED) is 0.494. The Hall–Kier alpha value is -1.86. The highest BCUT2D eigenvalue weighted by molar-refractivity contribution is 6.30. The van der Waals surface area contributed by atoms with Crippen LogP contribution in [0, 0.1) is 17.7 Å². The summed E-state index contributed by atoms with van der Waals surface area (Å²) in [6.07, 6.45) is 4.81. The van der Waals surface area contributed by atoms with Crippen LogP contribution in [-0.4, -0.2) is 26.4 Å². The van der Waals surface area contributed by atoms with Crippen LogP contribution >= 0.6 is 11.6 Å². The Morgan fingerprint density at radius 2 is 1.74 bits per heavy atom. The molecule has 27 heavy (non-hydrogen) atoms. The first kappa shape index (κ1) is 19.9. The molecule has 2 aromatic carbocycles. The molecule has 0 aromatic heterocycles. The highest BCUT2D eigenvalue weighted by Crippen LogP contribution is 2.34. The smallest absolute Gasteiger partial charge is 0.140 e. The Balaban J connectivity index is 1.56. The second kappa shape index (κ2) is 9.90. The van der Waals surface area contributed by atoms with Gasteiger partial charge in [0.2, 0.25) is 0 Å². The molecule has 4 heteroatoms. The van der Waals surface area contributed by atoms with E-state index < -0.39 is 5.82 Å². The van der Waals surface area contributed by atoms with Crippen molar-refractivity contribution < 1.29 is 13.9 Å². The molecule has 0 amide bonds. The second-order valence-corrected chi connectivity index (χ2v) is 7.27. The zero-order valence-corrected chi connectivity index (χ0v) is 16.3. The van der Waals surface area contributed by atoms with Crippen LogP contribution in [0.3, 0.4) is 0 Å². The van der Waals surface area contributed by atoms with Gasteiger partial charge in [0.05, 0.1) is 24.9 Å². The maximum atomic E-state index is 13.8. The summed E-state index contributed by atoms with van der Waals surface area (Å²) < 4.78 is 24.7. The average Bonchev–Trinajstić information content (AvgIpc) is 2.69. The molecule has 0 heterocycles. The third-order valence-electron chi connectivity index (χ3n) is 4.97. The summed E-state index contributed by atoms with van der Waals surface area (Å²) in [6, 6.07) is 12.8. The lowest BCUT2D eigenvalue weighted by atomic mass is 9.82. The van der Waals surface area contributed by atoms with Gasteiger partial charge in [0, 0.05) is 17.7 Å². The Labute approximate surface area is 165 Å². The molecule has 1 saturated carbocycles. The van der Waals surface area contributed by atoms with Crippen molar-refractivity contribution in [2.24, 2.45) is 0 Å². The van der Waals surface area contributed by atoms with Crippen molar-refractivity contribution in [3.8, 4) is 11.8 Å². The highest BCUT2D eigenvalue weighted by atomic mass is 35.5. The van der Waals surface area contributed by atoms with E-state index in [1.54, 1.807) is 19.2 Å². The summed E-state index contributed by atoms with van der Waals surface area (Å²) in [5, 5.41) is 0.376. The number of ether oxygens (including phenoxy) is 2. The number of rotatable bonds is 5. The number of benzene rings is 2. The van der Waals surface area contributed by atoms with E-state index in [1.165, 1.54) is 11.6 Å². The van der Waals surface area contributed by atoms with Crippen molar-refractivity contribution in [2.45, 2.75) is 37.7 Å². The summed E-state index contributed by atoms with van der Waals surface area (Å²) >= 11 is 5.76. The summed E-state index contributed by atoms with van der Waals surface area (Å²) in [7, 11) is 1.69. The fraction of sp³-hybridized carbons (Fsp3) is 0.391. The lowest BCUT2D eigenvalue weighted by Gasteiger charge is -2.28. The van der Waals surface area contributed by atoms with Crippen molar-refractivity contribution in [1.82, 2.24) is 0 Å². The van der Waals surface area contributed by atoms with Crippen LogP contribution in [0.1, 0.15) is 48.3 Å². The van der Waals surface area contributed by atoms with E-state index in [9.17, 15) is 4.39 Å². The van der Waals surface area contributed by atoms with Gasteiger partial charge in [0.1, 0.15) is 5.82 Å². The Morgan fingerprint density at radius 3 is 2.41 bits per heavy atom. The first-order valence-electron chi connectivity index (χ1n) is 9.33. The Kier molecular flexibility index (Phi) is 7.29. The van der Waals surface area contributed by atoms with Gasteiger partial charge in [-0.1, -0.05) is 35.6 Å². The monoisotopic (exact) mass is 386 g/mol. The van der Waals surface area contributed by atoms with Crippen LogP contribution in [0.15, 0.2) is 42.5 Å². The summed E-state index contributed by atoms with van der Waals surface area (Å²) in [4.78, 5) is 0. The fourth-order valence-electron chi connectivity index (χ4n) is 3.43. The van der Waals surface area contributed by atoms with Crippen molar-refractivity contribution in [3.05, 3.63) is 70.0 Å². The molecule has 0 bridgehead atoms. The van der Waals surface area contributed by atoms with Crippen LogP contribution in [0.25, 0.3) is 0 Å². The number of halogens is 2. The average molecular weight is 387 g/mol. The normalized spacial score (nSPS) is 19.4. The molecule has 1 fully saturated rings. The predicted octanol–water partition coefficient (Wildman–Crippen LogP) is 5.57. The van der Waals surface area contributed by atoms with Gasteiger partial charge in [-0.25, -0.2) is 4.39 Å². The van der Waals surface area contributed by atoms with E-state index in [2.05, 4.69) is 24.0 Å². The molecule has 0 spiro atoms. The van der Waals surface area contributed by atoms with Crippen molar-refractivity contribution in [2.75, 3.05) is 20.3 Å². The predicted molar refractivity (Wildman–Crippen MR) is 107 cm³/mol. The van der Waals surface area contributed by atoms with Crippen LogP contribution in [0.4, 0.5) is 4.39 Å². The van der Waals surface area contributed by atoms with Crippen LogP contribution < -0.4 is 0 Å². The lowest BCUT2D eigenvalue weighted by molar-refractivity contribution is -0.00280. The molecule has 0 atom stereocenters. The summed E-state index contributed by atoms with van der Waals surface area (Å²) in [5.74, 6) is 6.08. The molecular weight excluding hydrogens is 363 g/mol. The SMILES string of the molecule is COCCOC1CCC(c2ccc(C#Cc3ccc(Cl)cc3F)cc2)CC1. The molecule has 0 saturated heterocycles. The van der Waals surface area contributed by atoms with Gasteiger partial charge < -0.3 is 9.47 Å². The Bertz CT molecular complexity index is 799. The van der Waals surface area contributed by atoms with Gasteiger partial charge >= 0.3 is 0 Å². The van der Waals surface area contributed by atoms with E-state index in [4.69, 9.17) is 21.1 Å². The highest BCUT2D eigenvalue weighted by Gasteiger charge is 2.22. The molecule has 0 radical (unpaired) electrons. The minimum absolute atomic E-state index is 0.357. The first-order valence-corrected chi connectivity index (χ1v) is 9.71. The van der Waals surface area contributed by atoms with E-state index in [0.29, 0.717) is 35.8 Å². The lowest BCUT2D eigenvalue weighted by Crippen LogP contribution is -2.22. The number of methoxy groups -OCH3 is 1. The molecule has 142 valence electrons. The van der Waals surface area contributed by atoms with Gasteiger partial charge in [-0.15, -0.1) is 0 Å². The van der Waals surface area contributed by atoms with E-state index >= 15 is 0 Å². The minimum atomic E-state index is -0.393. The van der Waals surface area contributed by atoms with Gasteiger partial charge in [0.25, 0.3) is 0 Å². The molecule has 1 aliphatic carbocycles. The van der Waals surface area contributed by atoms with E-state index in [-0.39, 0.29) is 0 Å². The summed E-state index contributed by atoms with van der Waals surface area (Å²) in [6.45, 7) is 1.33. The number of hydrogen-bond donors (Lipinski definition) is 0. The van der Waals surface area contributed by atoms with Crippen molar-refractivity contribution in [1.29, 1.82) is 0 Å². The van der Waals surface area contributed by atoms with Gasteiger partial charge in [-0.05, 0) is 67.5 Å². The largest absolute Gasteiger partial charge is 0.382 e. The van der Waals surface area contributed by atoms with Crippen LogP contribution in [0.2, 0.25) is 5.02 Å². The standard InChI is InChI=1S/C23H24ClFO2/c1-26-14-15-27-22-12-9-19(10-13-22)18-5-2-17(3-6-18)4-7-20-8-11-21(24)16-23(20)25/h2-3,5-6,8,11,16,19,22H,9-10,12-15H2,1H3. The molecule has 2 nitrogen and oxygen atoms in total. The van der Waals surface area contributed by atoms with E-state index in [0.717, 1.165) is 31.2 Å². The molecule has 0 N–H and O–H groups in total. The van der Waals surface area contributed by atoms with E-state index in [1.807, 2.05) is 12.1 Å². The molecule has 1 aliphatic rings. The minimum Gasteiger partial charge on any atom is -0.382 e. The number of hydrogen-bond acceptors (Lipinski definition) is 2. The maximum absolute atomic E-state index is 13.8. The van der Waals surface area contributed by atoms with Crippen molar-refractivity contribution >= 4 is 11.6 Å². The third-order valence-corrected chi connectivity index (χ3v) is 5.21. The fourth-order valence-corrected chi connectivity index (χ4v) is 3.59. The summed E-state index contributed by atoms with van der Waals surface area (Å²) in [5.41, 5.74) is 2.58. The van der Waals surface area contributed by atoms with Gasteiger partial charge in [0.15, 0.2) is 0 Å². The molecule has 0 unspecified atom stereocenters. The topological polar surface area (TPSA) is 18.5 Å². The maximum Gasteiger partial charge on any atom is 0.140 e. The molecular formula is C23H24ClFO2. The van der Waals surface area contributed by atoms with Crippen molar-refractivity contribution in [3.63, 3.8) is 0 Å². The zero-order chi connectivity index (χ0) is 19.1. The Morgan fingerprint density at radius 1 is 1.00 bits per heavy atom. The van der Waals surface area contributed by atoms with Crippen LogP contribution in [0.5, 0.6) is 0 Å². The third kappa shape index (κ3) is 5.81. The molecule has 3 rings (SSSR count). The van der Waals surface area contributed by atoms with Gasteiger partial charge in [-0.2, -0.15) is 0 Å². The van der Waals surface area contributed by atoms with Gasteiger partial charge in [-0.3, -0.25) is 0 Å². The molecule has 2 aromatic rings. The first-order chi connectivity index (χ1) is 13.2. The zero-order valence-electron chi connectivity index (χ0n) is 15.5. The second-order valence-electron chi connectivity index (χ2n) is 6.83. The molecule has 0 aliphatic heterocycles.